The van der Waals surface area contributed by atoms with E-state index in [9.17, 15) is 0 Å². The predicted octanol–water partition coefficient (Wildman–Crippen LogP) is 3.57. The third-order valence-electron chi connectivity index (χ3n) is 3.14. The van der Waals surface area contributed by atoms with Crippen molar-refractivity contribution in [3.8, 4) is 5.75 Å². The van der Waals surface area contributed by atoms with Crippen molar-refractivity contribution in [2.45, 2.75) is 32.6 Å². The zero-order valence-electron chi connectivity index (χ0n) is 11.1. The summed E-state index contributed by atoms with van der Waals surface area (Å²) in [5.74, 6) is 1.54. The second kappa shape index (κ2) is 7.13. The van der Waals surface area contributed by atoms with E-state index < -0.39 is 0 Å². The van der Waals surface area contributed by atoms with E-state index in [1.807, 2.05) is 18.2 Å². The van der Waals surface area contributed by atoms with Crippen LogP contribution < -0.4 is 10.5 Å². The molecule has 2 nitrogen and oxygen atoms in total. The number of rotatable bonds is 6. The van der Waals surface area contributed by atoms with Crippen LogP contribution in [0.1, 0.15) is 43.7 Å². The summed E-state index contributed by atoms with van der Waals surface area (Å²) in [5.41, 5.74) is 7.99. The van der Waals surface area contributed by atoms with E-state index in [1.54, 1.807) is 7.11 Å². The Bertz CT molecular complexity index is 367. The van der Waals surface area contributed by atoms with Gasteiger partial charge >= 0.3 is 0 Å². The molecule has 0 radical (unpaired) electrons. The maximum absolute atomic E-state index is 5.49. The molecule has 2 N–H and O–H groups in total. The third-order valence-corrected chi connectivity index (χ3v) is 3.14. The summed E-state index contributed by atoms with van der Waals surface area (Å²) in [7, 11) is 1.70. The van der Waals surface area contributed by atoms with Crippen molar-refractivity contribution in [2.75, 3.05) is 13.7 Å². The molecule has 94 valence electrons. The lowest BCUT2D eigenvalue weighted by atomic mass is 9.92. The number of hydrogen-bond acceptors (Lipinski definition) is 2. The minimum Gasteiger partial charge on any atom is -0.496 e. The summed E-state index contributed by atoms with van der Waals surface area (Å²) in [6.07, 6.45) is 6.32. The molecule has 1 aromatic rings. The topological polar surface area (TPSA) is 35.2 Å². The van der Waals surface area contributed by atoms with Crippen LogP contribution in [0.5, 0.6) is 5.75 Å². The second-order valence-electron chi connectivity index (χ2n) is 4.15. The molecule has 0 heterocycles. The van der Waals surface area contributed by atoms with Crippen molar-refractivity contribution < 1.29 is 4.74 Å². The first-order chi connectivity index (χ1) is 8.26. The second-order valence-corrected chi connectivity index (χ2v) is 4.15. The van der Waals surface area contributed by atoms with Gasteiger partial charge < -0.3 is 10.5 Å². The lowest BCUT2D eigenvalue weighted by Crippen LogP contribution is -1.98. The van der Waals surface area contributed by atoms with Gasteiger partial charge in [0.05, 0.1) is 7.11 Å². The SMILES string of the molecule is CCC(CC)c1ccc(OC)c(/C=C/CN)c1. The summed E-state index contributed by atoms with van der Waals surface area (Å²) in [5, 5.41) is 0. The van der Waals surface area contributed by atoms with Gasteiger partial charge in [-0.1, -0.05) is 32.1 Å². The van der Waals surface area contributed by atoms with Gasteiger partial charge in [0.1, 0.15) is 5.75 Å². The highest BCUT2D eigenvalue weighted by atomic mass is 16.5. The van der Waals surface area contributed by atoms with Crippen molar-refractivity contribution in [3.63, 3.8) is 0 Å². The fourth-order valence-electron chi connectivity index (χ4n) is 2.09. The predicted molar refractivity (Wildman–Crippen MR) is 74.4 cm³/mol. The maximum atomic E-state index is 5.49. The van der Waals surface area contributed by atoms with Crippen LogP contribution >= 0.6 is 0 Å². The zero-order chi connectivity index (χ0) is 12.7. The number of methoxy groups -OCH3 is 1. The molecule has 0 amide bonds. The molecule has 1 rings (SSSR count). The molecule has 2 heteroatoms. The van der Waals surface area contributed by atoms with Crippen molar-refractivity contribution in [1.82, 2.24) is 0 Å². The lowest BCUT2D eigenvalue weighted by molar-refractivity contribution is 0.413. The van der Waals surface area contributed by atoms with Crippen molar-refractivity contribution in [2.24, 2.45) is 5.73 Å². The molecule has 0 aliphatic carbocycles. The Labute approximate surface area is 104 Å². The fourth-order valence-corrected chi connectivity index (χ4v) is 2.09. The van der Waals surface area contributed by atoms with Gasteiger partial charge in [-0.05, 0) is 36.5 Å². The Morgan fingerprint density at radius 3 is 2.53 bits per heavy atom. The summed E-state index contributed by atoms with van der Waals surface area (Å²) < 4.78 is 5.35. The standard InChI is InChI=1S/C15H23NO/c1-4-12(5-2)13-8-9-15(17-3)14(11-13)7-6-10-16/h6-9,11-12H,4-5,10,16H2,1-3H3/b7-6+. The summed E-state index contributed by atoms with van der Waals surface area (Å²) in [6.45, 7) is 5.01. The molecule has 17 heavy (non-hydrogen) atoms. The minimum atomic E-state index is 0.554. The molecule has 1 aromatic carbocycles. The van der Waals surface area contributed by atoms with Gasteiger partial charge in [0.25, 0.3) is 0 Å². The Hall–Kier alpha value is -1.28. The Kier molecular flexibility index (Phi) is 5.78. The molecule has 0 saturated heterocycles. The first kappa shape index (κ1) is 13.8. The van der Waals surface area contributed by atoms with Crippen LogP contribution in [0.4, 0.5) is 0 Å². The molecular weight excluding hydrogens is 210 g/mol. The van der Waals surface area contributed by atoms with Crippen molar-refractivity contribution in [1.29, 1.82) is 0 Å². The van der Waals surface area contributed by atoms with Gasteiger partial charge in [-0.2, -0.15) is 0 Å². The van der Waals surface area contributed by atoms with Crippen LogP contribution in [-0.2, 0) is 0 Å². The maximum Gasteiger partial charge on any atom is 0.126 e. The highest BCUT2D eigenvalue weighted by Gasteiger charge is 2.09. The largest absolute Gasteiger partial charge is 0.496 e. The molecule has 0 fully saturated rings. The number of hydrogen-bond donors (Lipinski definition) is 1. The van der Waals surface area contributed by atoms with Crippen LogP contribution in [-0.4, -0.2) is 13.7 Å². The van der Waals surface area contributed by atoms with Gasteiger partial charge in [0.2, 0.25) is 0 Å². The molecule has 0 aliphatic heterocycles. The van der Waals surface area contributed by atoms with Crippen molar-refractivity contribution in [3.05, 3.63) is 35.4 Å². The number of nitrogens with two attached hydrogens (primary N) is 1. The average Bonchev–Trinajstić information content (AvgIpc) is 2.38. The monoisotopic (exact) mass is 233 g/mol. The molecule has 0 spiro atoms. The van der Waals surface area contributed by atoms with E-state index in [4.69, 9.17) is 10.5 Å². The summed E-state index contributed by atoms with van der Waals surface area (Å²) >= 11 is 0. The van der Waals surface area contributed by atoms with Crippen LogP contribution in [0.15, 0.2) is 24.3 Å². The molecule has 0 saturated carbocycles. The molecule has 0 unspecified atom stereocenters. The first-order valence-corrected chi connectivity index (χ1v) is 6.31. The van der Waals surface area contributed by atoms with Gasteiger partial charge in [-0.3, -0.25) is 0 Å². The van der Waals surface area contributed by atoms with E-state index in [-0.39, 0.29) is 0 Å². The van der Waals surface area contributed by atoms with Gasteiger partial charge in [0, 0.05) is 12.1 Å². The smallest absolute Gasteiger partial charge is 0.126 e. The first-order valence-electron chi connectivity index (χ1n) is 6.31. The molecule has 0 aromatic heterocycles. The van der Waals surface area contributed by atoms with Crippen LogP contribution in [0.2, 0.25) is 0 Å². The summed E-state index contributed by atoms with van der Waals surface area (Å²) in [4.78, 5) is 0. The van der Waals surface area contributed by atoms with E-state index >= 15 is 0 Å². The third kappa shape index (κ3) is 3.60. The minimum absolute atomic E-state index is 0.554. The quantitative estimate of drug-likeness (QED) is 0.815. The average molecular weight is 233 g/mol. The van der Waals surface area contributed by atoms with E-state index in [1.165, 1.54) is 18.4 Å². The highest BCUT2D eigenvalue weighted by molar-refractivity contribution is 5.58. The van der Waals surface area contributed by atoms with Gasteiger partial charge in [-0.25, -0.2) is 0 Å². The van der Waals surface area contributed by atoms with Gasteiger partial charge in [-0.15, -0.1) is 0 Å². The van der Waals surface area contributed by atoms with Crippen LogP contribution in [0.3, 0.4) is 0 Å². The molecule has 0 bridgehead atoms. The number of benzene rings is 1. The molecular formula is C15H23NO. The Morgan fingerprint density at radius 2 is 2.00 bits per heavy atom. The lowest BCUT2D eigenvalue weighted by Gasteiger charge is -2.15. The summed E-state index contributed by atoms with van der Waals surface area (Å²) in [6, 6.07) is 6.42. The van der Waals surface area contributed by atoms with Gasteiger partial charge in [0.15, 0.2) is 0 Å². The fraction of sp³-hybridized carbons (Fsp3) is 0.467. The van der Waals surface area contributed by atoms with Crippen molar-refractivity contribution >= 4 is 6.08 Å². The Balaban J connectivity index is 3.07. The highest BCUT2D eigenvalue weighted by Crippen LogP contribution is 2.28. The van der Waals surface area contributed by atoms with E-state index in [2.05, 4.69) is 26.0 Å². The van der Waals surface area contributed by atoms with Crippen LogP contribution in [0, 0.1) is 0 Å². The van der Waals surface area contributed by atoms with E-state index in [0.717, 1.165) is 11.3 Å². The van der Waals surface area contributed by atoms with Crippen LogP contribution in [0.25, 0.3) is 6.08 Å². The molecule has 0 aliphatic rings. The van der Waals surface area contributed by atoms with E-state index in [0.29, 0.717) is 12.5 Å². The Morgan fingerprint density at radius 1 is 1.29 bits per heavy atom. The zero-order valence-corrected chi connectivity index (χ0v) is 11.1. The number of ether oxygens (including phenoxy) is 1. The normalized spacial score (nSPS) is 11.4. The molecule has 0 atom stereocenters.